The van der Waals surface area contributed by atoms with E-state index in [2.05, 4.69) is 20.0 Å². The molecule has 168 valence electrons. The first-order chi connectivity index (χ1) is 14.6. The van der Waals surface area contributed by atoms with E-state index in [1.165, 1.54) is 24.3 Å². The molecule has 2 aliphatic carbocycles. The molecule has 2 aliphatic rings. The molecule has 4 rings (SSSR count). The Morgan fingerprint density at radius 3 is 2.39 bits per heavy atom. The van der Waals surface area contributed by atoms with Crippen LogP contribution in [0.25, 0.3) is 0 Å². The van der Waals surface area contributed by atoms with E-state index in [1.807, 2.05) is 0 Å². The SMILES string of the molecule is O=S(=O)(NC1CC1)c1ccc(Nc2ncc(C(F)(F)F)c(OC3CCCC3O)n2)cc1. The summed E-state index contributed by atoms with van der Waals surface area (Å²) >= 11 is 0. The maximum Gasteiger partial charge on any atom is 0.423 e. The summed E-state index contributed by atoms with van der Waals surface area (Å²) in [4.78, 5) is 7.62. The van der Waals surface area contributed by atoms with Gasteiger partial charge in [-0.3, -0.25) is 0 Å². The van der Waals surface area contributed by atoms with Crippen LogP contribution in [0.1, 0.15) is 37.7 Å². The Balaban J connectivity index is 1.53. The van der Waals surface area contributed by atoms with Crippen LogP contribution in [0.2, 0.25) is 0 Å². The Labute approximate surface area is 176 Å². The number of sulfonamides is 1. The fraction of sp³-hybridized carbons (Fsp3) is 0.474. The number of nitrogens with one attached hydrogen (secondary N) is 2. The lowest BCUT2D eigenvalue weighted by atomic mass is 10.2. The van der Waals surface area contributed by atoms with Crippen molar-refractivity contribution in [1.82, 2.24) is 14.7 Å². The maximum atomic E-state index is 13.3. The molecule has 0 radical (unpaired) electrons. The second kappa shape index (κ2) is 8.24. The number of halogens is 3. The van der Waals surface area contributed by atoms with Crippen molar-refractivity contribution in [3.05, 3.63) is 36.0 Å². The number of hydrogen-bond acceptors (Lipinski definition) is 7. The van der Waals surface area contributed by atoms with E-state index >= 15 is 0 Å². The molecule has 0 bridgehead atoms. The highest BCUT2D eigenvalue weighted by Gasteiger charge is 2.38. The van der Waals surface area contributed by atoms with E-state index in [9.17, 15) is 26.7 Å². The number of nitrogens with zero attached hydrogens (tertiary/aromatic N) is 2. The van der Waals surface area contributed by atoms with Crippen LogP contribution in [0, 0.1) is 0 Å². The molecule has 2 atom stereocenters. The number of rotatable bonds is 7. The summed E-state index contributed by atoms with van der Waals surface area (Å²) in [5, 5.41) is 12.6. The van der Waals surface area contributed by atoms with Crippen molar-refractivity contribution in [3.63, 3.8) is 0 Å². The second-order valence-corrected chi connectivity index (χ2v) is 9.32. The Morgan fingerprint density at radius 2 is 1.81 bits per heavy atom. The van der Waals surface area contributed by atoms with Crippen molar-refractivity contribution in [2.24, 2.45) is 0 Å². The topological polar surface area (TPSA) is 113 Å². The molecule has 2 fully saturated rings. The Bertz CT molecular complexity index is 1040. The van der Waals surface area contributed by atoms with Crippen LogP contribution in [0.15, 0.2) is 35.4 Å². The summed E-state index contributed by atoms with van der Waals surface area (Å²) in [5.41, 5.74) is -0.748. The van der Waals surface area contributed by atoms with Crippen LogP contribution in [0.5, 0.6) is 5.88 Å². The van der Waals surface area contributed by atoms with Gasteiger partial charge in [-0.15, -0.1) is 0 Å². The molecule has 0 spiro atoms. The van der Waals surface area contributed by atoms with Gasteiger partial charge in [-0.2, -0.15) is 18.2 Å². The molecule has 1 aromatic heterocycles. The zero-order chi connectivity index (χ0) is 22.2. The molecule has 1 heterocycles. The normalized spacial score (nSPS) is 21.8. The van der Waals surface area contributed by atoms with Crippen LogP contribution in [0.3, 0.4) is 0 Å². The summed E-state index contributed by atoms with van der Waals surface area (Å²) in [6, 6.07) is 5.65. The zero-order valence-corrected chi connectivity index (χ0v) is 17.1. The van der Waals surface area contributed by atoms with Crippen molar-refractivity contribution in [3.8, 4) is 5.88 Å². The molecule has 0 amide bonds. The molecule has 0 aliphatic heterocycles. The van der Waals surface area contributed by atoms with Crippen molar-refractivity contribution in [2.45, 2.75) is 61.4 Å². The first kappa shape index (κ1) is 21.8. The van der Waals surface area contributed by atoms with Crippen LogP contribution >= 0.6 is 0 Å². The maximum absolute atomic E-state index is 13.3. The van der Waals surface area contributed by atoms with Gasteiger partial charge in [0.1, 0.15) is 11.7 Å². The van der Waals surface area contributed by atoms with E-state index in [-0.39, 0.29) is 16.9 Å². The number of aliphatic hydroxyl groups excluding tert-OH is 1. The lowest BCUT2D eigenvalue weighted by Gasteiger charge is -2.20. The smallest absolute Gasteiger partial charge is 0.423 e. The highest BCUT2D eigenvalue weighted by atomic mass is 32.2. The average Bonchev–Trinajstić information content (AvgIpc) is 3.41. The van der Waals surface area contributed by atoms with E-state index in [1.54, 1.807) is 0 Å². The van der Waals surface area contributed by atoms with Gasteiger partial charge in [0.05, 0.1) is 11.0 Å². The third-order valence-corrected chi connectivity index (χ3v) is 6.60. The summed E-state index contributed by atoms with van der Waals surface area (Å²) in [5.74, 6) is -0.814. The Hall–Kier alpha value is -2.44. The number of aliphatic hydroxyl groups is 1. The van der Waals surface area contributed by atoms with E-state index in [4.69, 9.17) is 4.74 Å². The molecular weight excluding hydrogens is 437 g/mol. The van der Waals surface area contributed by atoms with Crippen LogP contribution in [0.4, 0.5) is 24.8 Å². The summed E-state index contributed by atoms with van der Waals surface area (Å²) in [6.07, 6.45) is -2.58. The van der Waals surface area contributed by atoms with Gasteiger partial charge in [0, 0.05) is 17.9 Å². The third kappa shape index (κ3) is 5.25. The molecule has 3 N–H and O–H groups in total. The van der Waals surface area contributed by atoms with E-state index < -0.39 is 39.9 Å². The monoisotopic (exact) mass is 458 g/mol. The highest BCUT2D eigenvalue weighted by molar-refractivity contribution is 7.89. The second-order valence-electron chi connectivity index (χ2n) is 7.61. The molecule has 31 heavy (non-hydrogen) atoms. The van der Waals surface area contributed by atoms with Gasteiger partial charge in [-0.1, -0.05) is 0 Å². The average molecular weight is 458 g/mol. The lowest BCUT2D eigenvalue weighted by Crippen LogP contribution is -2.27. The summed E-state index contributed by atoms with van der Waals surface area (Å²) in [6.45, 7) is 0. The number of hydrogen-bond donors (Lipinski definition) is 3. The molecule has 2 saturated carbocycles. The van der Waals surface area contributed by atoms with Crippen LogP contribution in [-0.4, -0.2) is 41.7 Å². The third-order valence-electron chi connectivity index (χ3n) is 5.06. The van der Waals surface area contributed by atoms with E-state index in [0.717, 1.165) is 12.8 Å². The predicted octanol–water partition coefficient (Wildman–Crippen LogP) is 2.97. The standard InChI is InChI=1S/C19H21F3N4O4S/c20-19(21,22)14-10-23-18(25-17(14)30-16-3-1-2-15(16)27)24-11-6-8-13(9-7-11)31(28,29)26-12-4-5-12/h6-10,12,15-16,26-27H,1-5H2,(H,23,24,25). The molecule has 1 aromatic carbocycles. The van der Waals surface area contributed by atoms with Crippen molar-refractivity contribution < 1.29 is 31.4 Å². The fourth-order valence-electron chi connectivity index (χ4n) is 3.23. The largest absolute Gasteiger partial charge is 0.471 e. The molecule has 2 unspecified atom stereocenters. The van der Waals surface area contributed by atoms with Gasteiger partial charge in [-0.05, 0) is 56.4 Å². The van der Waals surface area contributed by atoms with Gasteiger partial charge >= 0.3 is 6.18 Å². The number of ether oxygens (including phenoxy) is 1. The first-order valence-corrected chi connectivity index (χ1v) is 11.3. The van der Waals surface area contributed by atoms with Crippen molar-refractivity contribution >= 4 is 21.7 Å². The lowest BCUT2D eigenvalue weighted by molar-refractivity contribution is -0.140. The minimum Gasteiger partial charge on any atom is -0.471 e. The molecule has 12 heteroatoms. The first-order valence-electron chi connectivity index (χ1n) is 9.80. The van der Waals surface area contributed by atoms with Gasteiger partial charge in [0.2, 0.25) is 21.9 Å². The molecule has 2 aromatic rings. The molecule has 8 nitrogen and oxygen atoms in total. The van der Waals surface area contributed by atoms with Crippen LogP contribution < -0.4 is 14.8 Å². The Morgan fingerprint density at radius 1 is 1.10 bits per heavy atom. The van der Waals surface area contributed by atoms with Gasteiger partial charge in [0.15, 0.2) is 0 Å². The number of alkyl halides is 3. The minimum atomic E-state index is -4.72. The number of anilines is 2. The van der Waals surface area contributed by atoms with Gasteiger partial charge < -0.3 is 15.2 Å². The number of benzene rings is 1. The van der Waals surface area contributed by atoms with Crippen LogP contribution in [-0.2, 0) is 16.2 Å². The van der Waals surface area contributed by atoms with E-state index in [0.29, 0.717) is 31.1 Å². The molecule has 0 saturated heterocycles. The molecular formula is C19H21F3N4O4S. The summed E-state index contributed by atoms with van der Waals surface area (Å²) in [7, 11) is -3.61. The highest BCUT2D eigenvalue weighted by Crippen LogP contribution is 2.37. The fourth-order valence-corrected chi connectivity index (χ4v) is 4.54. The number of aromatic nitrogens is 2. The predicted molar refractivity (Wildman–Crippen MR) is 104 cm³/mol. The summed E-state index contributed by atoms with van der Waals surface area (Å²) < 4.78 is 72.4. The van der Waals surface area contributed by atoms with Gasteiger partial charge in [-0.25, -0.2) is 18.1 Å². The zero-order valence-electron chi connectivity index (χ0n) is 16.3. The quantitative estimate of drug-likeness (QED) is 0.585. The van der Waals surface area contributed by atoms with Crippen molar-refractivity contribution in [1.29, 1.82) is 0 Å². The minimum absolute atomic E-state index is 0.0276. The van der Waals surface area contributed by atoms with Crippen molar-refractivity contribution in [2.75, 3.05) is 5.32 Å². The van der Waals surface area contributed by atoms with Gasteiger partial charge in [0.25, 0.3) is 0 Å². The Kier molecular flexibility index (Phi) is 5.79.